The summed E-state index contributed by atoms with van der Waals surface area (Å²) in [7, 11) is -6.47. The fourth-order valence-corrected chi connectivity index (χ4v) is 0.490. The first-order valence-electron chi connectivity index (χ1n) is 1.37. The molecule has 0 amide bonds. The van der Waals surface area contributed by atoms with Crippen LogP contribution in [0, 0.1) is 0 Å². The Hall–Kier alpha value is 0.373. The van der Waals surface area contributed by atoms with E-state index in [-0.39, 0.29) is 0 Å². The van der Waals surface area contributed by atoms with E-state index in [0.717, 1.165) is 0 Å². The first kappa shape index (κ1) is 17.5. The third-order valence-electron chi connectivity index (χ3n) is 0.133. The molecule has 0 spiro atoms. The monoisotopic (exact) mass is 292 g/mol. The normalized spacial score (nSPS) is 6.00. The Bertz CT molecular complexity index is 164. The fraction of sp³-hybridized carbons (Fsp3) is 0. The van der Waals surface area contributed by atoms with Gasteiger partial charge in [-0.2, -0.15) is 4.31 Å². The summed E-state index contributed by atoms with van der Waals surface area (Å²) >= 11 is 4.62. The van der Waals surface area contributed by atoms with Crippen molar-refractivity contribution in [3.05, 3.63) is 0 Å². The SMILES string of the molecule is O=P(=O)OP(=O)=O.[O]=[Co].[O]=[Co]. The minimum absolute atomic E-state index is 2.31. The molecule has 0 N–H and O–H groups in total. The zero-order valence-electron chi connectivity index (χ0n) is 4.42. The Morgan fingerprint density at radius 3 is 0.909 bits per heavy atom. The molecule has 0 bridgehead atoms. The molecule has 0 radical (unpaired) electrons. The van der Waals surface area contributed by atoms with Gasteiger partial charge in [0.2, 0.25) is 0 Å². The summed E-state index contributed by atoms with van der Waals surface area (Å²) in [5.74, 6) is 0. The second-order valence-corrected chi connectivity index (χ2v) is 2.08. The van der Waals surface area contributed by atoms with Gasteiger partial charge in [0, 0.05) is 0 Å². The van der Waals surface area contributed by atoms with Gasteiger partial charge in [-0.15, -0.1) is 0 Å². The van der Waals surface area contributed by atoms with Gasteiger partial charge in [0.15, 0.2) is 0 Å². The van der Waals surface area contributed by atoms with Crippen molar-refractivity contribution < 1.29 is 61.6 Å². The topological polar surface area (TPSA) is 112 Å². The molecule has 0 aromatic carbocycles. The molecule has 0 aliphatic carbocycles. The van der Waals surface area contributed by atoms with E-state index in [4.69, 9.17) is 7.73 Å². The Labute approximate surface area is 77.6 Å². The Morgan fingerprint density at radius 1 is 0.727 bits per heavy atom. The van der Waals surface area contributed by atoms with Gasteiger partial charge in [-0.1, -0.05) is 0 Å². The summed E-state index contributed by atoms with van der Waals surface area (Å²) in [4.78, 5) is 0. The van der Waals surface area contributed by atoms with Gasteiger partial charge in [0.25, 0.3) is 0 Å². The summed E-state index contributed by atoms with van der Waals surface area (Å²) in [6.45, 7) is 0. The Morgan fingerprint density at radius 2 is 0.909 bits per heavy atom. The molecule has 0 aromatic heterocycles. The first-order chi connectivity index (χ1) is 5.13. The molecule has 70 valence electrons. The van der Waals surface area contributed by atoms with E-state index in [1.54, 1.807) is 0 Å². The van der Waals surface area contributed by atoms with Crippen LogP contribution in [0.2, 0.25) is 0 Å². The molecule has 0 rings (SSSR count). The first-order valence-corrected chi connectivity index (χ1v) is 4.41. The van der Waals surface area contributed by atoms with Gasteiger partial charge in [0.05, 0.1) is 0 Å². The average molecular weight is 292 g/mol. The van der Waals surface area contributed by atoms with Crippen LogP contribution in [0.3, 0.4) is 0 Å². The van der Waals surface area contributed by atoms with Gasteiger partial charge < -0.3 is 0 Å². The summed E-state index contributed by atoms with van der Waals surface area (Å²) < 4.78 is 56.0. The van der Waals surface area contributed by atoms with Crippen LogP contribution in [0.5, 0.6) is 0 Å². The van der Waals surface area contributed by atoms with Crippen LogP contribution in [0.1, 0.15) is 0 Å². The fourth-order valence-electron chi connectivity index (χ4n) is 0.0544. The zero-order valence-corrected chi connectivity index (χ0v) is 8.29. The molecule has 0 aliphatic heterocycles. The van der Waals surface area contributed by atoms with Crippen molar-refractivity contribution in [2.45, 2.75) is 0 Å². The van der Waals surface area contributed by atoms with Crippen molar-refractivity contribution in [1.82, 2.24) is 0 Å². The molecule has 0 unspecified atom stereocenters. The molecule has 0 saturated carbocycles. The van der Waals surface area contributed by atoms with Crippen LogP contribution in [0.15, 0.2) is 0 Å². The van der Waals surface area contributed by atoms with Gasteiger partial charge in [-0.05, 0) is 0 Å². The van der Waals surface area contributed by atoms with E-state index in [0.29, 0.717) is 0 Å². The van der Waals surface area contributed by atoms with Crippen molar-refractivity contribution >= 4 is 15.8 Å². The van der Waals surface area contributed by atoms with Gasteiger partial charge in [0.1, 0.15) is 0 Å². The third-order valence-corrected chi connectivity index (χ3v) is 1.20. The summed E-state index contributed by atoms with van der Waals surface area (Å²) in [6, 6.07) is 0. The van der Waals surface area contributed by atoms with Crippen molar-refractivity contribution in [3.63, 3.8) is 0 Å². The van der Waals surface area contributed by atoms with Crippen LogP contribution in [-0.2, 0) is 61.6 Å². The van der Waals surface area contributed by atoms with Crippen molar-refractivity contribution in [2.24, 2.45) is 0 Å². The van der Waals surface area contributed by atoms with Gasteiger partial charge in [-0.3, -0.25) is 0 Å². The molecule has 0 atom stereocenters. The molecule has 0 saturated heterocycles. The maximum absolute atomic E-state index is 9.24. The van der Waals surface area contributed by atoms with Gasteiger partial charge >= 0.3 is 54.9 Å². The van der Waals surface area contributed by atoms with Crippen molar-refractivity contribution in [3.8, 4) is 0 Å². The van der Waals surface area contributed by atoms with Crippen molar-refractivity contribution in [2.75, 3.05) is 0 Å². The van der Waals surface area contributed by atoms with Crippen molar-refractivity contribution in [1.29, 1.82) is 0 Å². The molecule has 11 heavy (non-hydrogen) atoms. The summed E-state index contributed by atoms with van der Waals surface area (Å²) in [6.07, 6.45) is 0. The molecular weight excluding hydrogens is 292 g/mol. The second-order valence-electron chi connectivity index (χ2n) is 0.529. The zero-order chi connectivity index (χ0) is 9.86. The van der Waals surface area contributed by atoms with E-state index < -0.39 is 15.8 Å². The van der Waals surface area contributed by atoms with Crippen LogP contribution in [0.4, 0.5) is 0 Å². The predicted octanol–water partition coefficient (Wildman–Crippen LogP) is 0.936. The second kappa shape index (κ2) is 16.8. The third kappa shape index (κ3) is 38.0. The number of hydrogen-bond acceptors (Lipinski definition) is 7. The molecular formula is Co2O7P2. The van der Waals surface area contributed by atoms with Crippen LogP contribution in [-0.4, -0.2) is 0 Å². The summed E-state index contributed by atoms with van der Waals surface area (Å²) in [5.41, 5.74) is 0. The van der Waals surface area contributed by atoms with E-state index in [1.165, 1.54) is 0 Å². The van der Waals surface area contributed by atoms with Crippen LogP contribution < -0.4 is 0 Å². The van der Waals surface area contributed by atoms with Gasteiger partial charge in [-0.25, -0.2) is 18.3 Å². The number of rotatable bonds is 2. The van der Waals surface area contributed by atoms with E-state index in [1.807, 2.05) is 0 Å². The Balaban J connectivity index is -0.000000138. The predicted molar refractivity (Wildman–Crippen MR) is 19.0 cm³/mol. The molecule has 11 heteroatoms. The standard InChI is InChI=1S/2Co.O5P2.2O/c;;1-6(2)5-7(3)4;;. The molecule has 7 nitrogen and oxygen atoms in total. The Kier molecular flexibility index (Phi) is 26.6. The molecule has 0 aliphatic rings. The van der Waals surface area contributed by atoms with Crippen LogP contribution in [0.25, 0.3) is 0 Å². The van der Waals surface area contributed by atoms with E-state index in [2.05, 4.69) is 35.6 Å². The summed E-state index contributed by atoms with van der Waals surface area (Å²) in [5, 5.41) is 0. The number of hydrogen-bond donors (Lipinski definition) is 0. The quantitative estimate of drug-likeness (QED) is 0.696. The average Bonchev–Trinajstić information content (AvgIpc) is 1.93. The molecule has 0 fully saturated rings. The van der Waals surface area contributed by atoms with E-state index in [9.17, 15) is 18.3 Å². The van der Waals surface area contributed by atoms with E-state index >= 15 is 0 Å². The molecule has 0 aromatic rings. The molecule has 0 heterocycles. The van der Waals surface area contributed by atoms with Crippen LogP contribution >= 0.6 is 15.8 Å². The minimum atomic E-state index is -3.24. The maximum atomic E-state index is 9.24.